The zero-order chi connectivity index (χ0) is 15.0. The number of pyridine rings is 1. The Morgan fingerprint density at radius 1 is 1.32 bits per heavy atom. The Hall–Kier alpha value is -1.62. The third-order valence-corrected chi connectivity index (χ3v) is 5.10. The summed E-state index contributed by atoms with van der Waals surface area (Å²) in [5.41, 5.74) is -0.183. The molecule has 1 aromatic heterocycles. The number of aromatic nitrogens is 1. The van der Waals surface area contributed by atoms with Crippen molar-refractivity contribution < 1.29 is 14.3 Å². The van der Waals surface area contributed by atoms with Gasteiger partial charge in [-0.2, -0.15) is 0 Å². The fourth-order valence-corrected chi connectivity index (χ4v) is 3.61. The van der Waals surface area contributed by atoms with Gasteiger partial charge in [0.25, 0.3) is 0 Å². The van der Waals surface area contributed by atoms with E-state index < -0.39 is 0 Å². The normalized spacial score (nSPS) is 27.1. The Kier molecular flexibility index (Phi) is 3.53. The maximum Gasteiger partial charge on any atom is 0.225 e. The highest BCUT2D eigenvalue weighted by molar-refractivity contribution is 5.80. The average Bonchev–Trinajstić information content (AvgIpc) is 2.44. The fourth-order valence-electron chi connectivity index (χ4n) is 3.61. The average molecular weight is 302 g/mol. The minimum atomic E-state index is -0.183. The number of amides is 1. The van der Waals surface area contributed by atoms with E-state index in [9.17, 15) is 4.79 Å². The highest BCUT2D eigenvalue weighted by Gasteiger charge is 2.51. The van der Waals surface area contributed by atoms with Crippen molar-refractivity contribution in [3.8, 4) is 5.88 Å². The minimum Gasteiger partial charge on any atom is -0.474 e. The van der Waals surface area contributed by atoms with Crippen LogP contribution in [0, 0.1) is 5.92 Å². The van der Waals surface area contributed by atoms with E-state index in [-0.39, 0.29) is 17.6 Å². The number of carbonyl (C=O) groups is 1. The Balaban J connectivity index is 1.33. The predicted molar refractivity (Wildman–Crippen MR) is 80.5 cm³/mol. The predicted octanol–water partition coefficient (Wildman–Crippen LogP) is 2.02. The number of rotatable bonds is 3. The Morgan fingerprint density at radius 2 is 2.18 bits per heavy atom. The van der Waals surface area contributed by atoms with Gasteiger partial charge in [0.05, 0.1) is 19.7 Å². The summed E-state index contributed by atoms with van der Waals surface area (Å²) in [6.45, 7) is 2.15. The van der Waals surface area contributed by atoms with Crippen LogP contribution in [-0.2, 0) is 9.53 Å². The fraction of sp³-hybridized carbons (Fsp3) is 0.647. The highest BCUT2D eigenvalue weighted by atomic mass is 16.5. The molecule has 0 N–H and O–H groups in total. The second kappa shape index (κ2) is 5.54. The van der Waals surface area contributed by atoms with Crippen LogP contribution in [0.15, 0.2) is 24.4 Å². The zero-order valence-electron chi connectivity index (χ0n) is 12.7. The number of carbonyl (C=O) groups excluding carboxylic acids is 1. The van der Waals surface area contributed by atoms with E-state index in [4.69, 9.17) is 9.47 Å². The molecule has 0 bridgehead atoms. The summed E-state index contributed by atoms with van der Waals surface area (Å²) in [4.78, 5) is 18.4. The zero-order valence-corrected chi connectivity index (χ0v) is 12.7. The molecule has 1 atom stereocenters. The van der Waals surface area contributed by atoms with Crippen LogP contribution >= 0.6 is 0 Å². The molecule has 22 heavy (non-hydrogen) atoms. The number of hydrogen-bond acceptors (Lipinski definition) is 4. The molecule has 2 saturated heterocycles. The monoisotopic (exact) mass is 302 g/mol. The number of ether oxygens (including phenoxy) is 2. The lowest BCUT2D eigenvalue weighted by Crippen LogP contribution is -2.68. The molecule has 3 fully saturated rings. The number of likely N-dealkylation sites (tertiary alicyclic amines) is 1. The molecule has 0 aromatic carbocycles. The van der Waals surface area contributed by atoms with Crippen molar-refractivity contribution in [2.24, 2.45) is 5.92 Å². The highest BCUT2D eigenvalue weighted by Crippen LogP contribution is 2.38. The third kappa shape index (κ3) is 2.58. The van der Waals surface area contributed by atoms with E-state index in [0.29, 0.717) is 18.4 Å². The summed E-state index contributed by atoms with van der Waals surface area (Å²) in [5.74, 6) is 1.28. The summed E-state index contributed by atoms with van der Waals surface area (Å²) < 4.78 is 12.0. The van der Waals surface area contributed by atoms with Gasteiger partial charge in [-0.25, -0.2) is 4.98 Å². The smallest absolute Gasteiger partial charge is 0.225 e. The first-order valence-corrected chi connectivity index (χ1v) is 8.25. The Morgan fingerprint density at radius 3 is 2.86 bits per heavy atom. The molecule has 4 rings (SSSR count). The first kappa shape index (κ1) is 14.0. The molecule has 2 aliphatic heterocycles. The lowest BCUT2D eigenvalue weighted by atomic mass is 9.80. The van der Waals surface area contributed by atoms with E-state index in [0.717, 1.165) is 38.8 Å². The first-order valence-electron chi connectivity index (χ1n) is 8.25. The van der Waals surface area contributed by atoms with Crippen LogP contribution in [0.5, 0.6) is 5.88 Å². The van der Waals surface area contributed by atoms with Crippen LogP contribution in [0.2, 0.25) is 0 Å². The molecular weight excluding hydrogens is 280 g/mol. The van der Waals surface area contributed by atoms with Crippen LogP contribution in [0.25, 0.3) is 0 Å². The van der Waals surface area contributed by atoms with E-state index >= 15 is 0 Å². The van der Waals surface area contributed by atoms with Crippen LogP contribution in [0.3, 0.4) is 0 Å². The quantitative estimate of drug-likeness (QED) is 0.857. The van der Waals surface area contributed by atoms with E-state index in [1.165, 1.54) is 6.42 Å². The summed E-state index contributed by atoms with van der Waals surface area (Å²) in [5, 5.41) is 0. The van der Waals surface area contributed by atoms with Gasteiger partial charge < -0.3 is 14.4 Å². The molecule has 0 radical (unpaired) electrons. The van der Waals surface area contributed by atoms with Crippen molar-refractivity contribution >= 4 is 5.91 Å². The summed E-state index contributed by atoms with van der Waals surface area (Å²) >= 11 is 0. The second-order valence-corrected chi connectivity index (χ2v) is 6.75. The van der Waals surface area contributed by atoms with Crippen LogP contribution in [0.1, 0.15) is 32.1 Å². The third-order valence-electron chi connectivity index (χ3n) is 5.10. The topological polar surface area (TPSA) is 51.7 Å². The van der Waals surface area contributed by atoms with Gasteiger partial charge in [0.1, 0.15) is 11.7 Å². The molecular formula is C17H22N2O3. The van der Waals surface area contributed by atoms with E-state index in [1.807, 2.05) is 23.1 Å². The molecule has 1 aromatic rings. The maximum atomic E-state index is 12.2. The van der Waals surface area contributed by atoms with Gasteiger partial charge in [0, 0.05) is 31.0 Å². The summed E-state index contributed by atoms with van der Waals surface area (Å²) in [6, 6.07) is 5.70. The van der Waals surface area contributed by atoms with Crippen molar-refractivity contribution in [1.29, 1.82) is 0 Å². The minimum absolute atomic E-state index is 0.129. The van der Waals surface area contributed by atoms with Crippen molar-refractivity contribution in [3.05, 3.63) is 24.4 Å². The molecule has 5 nitrogen and oxygen atoms in total. The standard InChI is InChI=1S/C17H22N2O3/c20-16(13-4-3-5-13)19-11-17(12-19)10-14(7-9-21-17)22-15-6-1-2-8-18-15/h1-2,6,8,13-14H,3-5,7,9-12H2/t14-/m1/s1. The lowest BCUT2D eigenvalue weighted by molar-refractivity contribution is -0.197. The van der Waals surface area contributed by atoms with Gasteiger partial charge in [-0.3, -0.25) is 4.79 Å². The van der Waals surface area contributed by atoms with Gasteiger partial charge in [-0.1, -0.05) is 12.5 Å². The van der Waals surface area contributed by atoms with E-state index in [1.54, 1.807) is 6.20 Å². The van der Waals surface area contributed by atoms with Crippen molar-refractivity contribution in [1.82, 2.24) is 9.88 Å². The summed E-state index contributed by atoms with van der Waals surface area (Å²) in [7, 11) is 0. The lowest BCUT2D eigenvalue weighted by Gasteiger charge is -2.54. The summed E-state index contributed by atoms with van der Waals surface area (Å²) in [6.07, 6.45) is 6.93. The van der Waals surface area contributed by atoms with Crippen molar-refractivity contribution in [3.63, 3.8) is 0 Å². The van der Waals surface area contributed by atoms with Gasteiger partial charge in [0.2, 0.25) is 11.8 Å². The van der Waals surface area contributed by atoms with Crippen molar-refractivity contribution in [2.45, 2.75) is 43.8 Å². The number of nitrogens with zero attached hydrogens (tertiary/aromatic N) is 2. The SMILES string of the molecule is O=C(C1CCC1)N1CC2(C[C@H](Oc3ccccn3)CCO2)C1. The van der Waals surface area contributed by atoms with Gasteiger partial charge in [0.15, 0.2) is 0 Å². The molecule has 0 unspecified atom stereocenters. The molecule has 1 amide bonds. The molecule has 3 aliphatic rings. The molecule has 118 valence electrons. The maximum absolute atomic E-state index is 12.2. The molecule has 1 aliphatic carbocycles. The molecule has 1 saturated carbocycles. The van der Waals surface area contributed by atoms with Gasteiger partial charge in [-0.05, 0) is 18.9 Å². The molecule has 5 heteroatoms. The molecule has 3 heterocycles. The largest absolute Gasteiger partial charge is 0.474 e. The second-order valence-electron chi connectivity index (χ2n) is 6.75. The van der Waals surface area contributed by atoms with Gasteiger partial charge in [-0.15, -0.1) is 0 Å². The number of hydrogen-bond donors (Lipinski definition) is 0. The Bertz CT molecular complexity index is 538. The van der Waals surface area contributed by atoms with Crippen LogP contribution in [0.4, 0.5) is 0 Å². The van der Waals surface area contributed by atoms with E-state index in [2.05, 4.69) is 4.98 Å². The van der Waals surface area contributed by atoms with Crippen molar-refractivity contribution in [2.75, 3.05) is 19.7 Å². The van der Waals surface area contributed by atoms with Gasteiger partial charge >= 0.3 is 0 Å². The Labute approximate surface area is 130 Å². The molecule has 1 spiro atoms. The van der Waals surface area contributed by atoms with Crippen LogP contribution < -0.4 is 4.74 Å². The van der Waals surface area contributed by atoms with Crippen LogP contribution in [-0.4, -0.2) is 47.2 Å². The first-order chi connectivity index (χ1) is 10.7.